The number of ether oxygens (including phenoxy) is 2. The fourth-order valence-electron chi connectivity index (χ4n) is 1.62. The molecule has 6 heteroatoms. The molecule has 0 saturated heterocycles. The Morgan fingerprint density at radius 3 is 2.33 bits per heavy atom. The van der Waals surface area contributed by atoms with Gasteiger partial charge in [-0.1, -0.05) is 0 Å². The smallest absolute Gasteiger partial charge is 0.163 e. The van der Waals surface area contributed by atoms with E-state index < -0.39 is 11.9 Å². The Morgan fingerprint density at radius 2 is 1.83 bits per heavy atom. The normalized spacial score (nSPS) is 11.6. The van der Waals surface area contributed by atoms with Gasteiger partial charge in [0.25, 0.3) is 0 Å². The molecule has 0 amide bonds. The van der Waals surface area contributed by atoms with Gasteiger partial charge in [-0.15, -0.1) is 12.4 Å². The lowest BCUT2D eigenvalue weighted by molar-refractivity contribution is 0.279. The van der Waals surface area contributed by atoms with Crippen LogP contribution >= 0.6 is 12.4 Å². The van der Waals surface area contributed by atoms with Crippen LogP contribution in [0, 0.1) is 5.82 Å². The van der Waals surface area contributed by atoms with Gasteiger partial charge < -0.3 is 20.3 Å². The van der Waals surface area contributed by atoms with E-state index in [1.165, 1.54) is 26.4 Å². The summed E-state index contributed by atoms with van der Waals surface area (Å²) in [5.41, 5.74) is 6.22. The van der Waals surface area contributed by atoms with Crippen LogP contribution in [0.4, 0.5) is 4.39 Å². The zero-order valence-electron chi connectivity index (χ0n) is 10.5. The van der Waals surface area contributed by atoms with Gasteiger partial charge in [0, 0.05) is 24.3 Å². The van der Waals surface area contributed by atoms with Crippen LogP contribution in [0.2, 0.25) is 0 Å². The molecule has 0 saturated carbocycles. The van der Waals surface area contributed by atoms with Crippen LogP contribution in [0.3, 0.4) is 0 Å². The van der Waals surface area contributed by atoms with Gasteiger partial charge >= 0.3 is 0 Å². The summed E-state index contributed by atoms with van der Waals surface area (Å²) in [5, 5.41) is 8.72. The highest BCUT2D eigenvalue weighted by Gasteiger charge is 2.16. The first-order valence-electron chi connectivity index (χ1n) is 5.41. The molecule has 104 valence electrons. The third-order valence-corrected chi connectivity index (χ3v) is 2.58. The van der Waals surface area contributed by atoms with Gasteiger partial charge in [-0.3, -0.25) is 0 Å². The van der Waals surface area contributed by atoms with E-state index in [-0.39, 0.29) is 19.0 Å². The lowest BCUT2D eigenvalue weighted by Crippen LogP contribution is -2.13. The fourth-order valence-corrected chi connectivity index (χ4v) is 1.62. The molecule has 0 aromatic heterocycles. The van der Waals surface area contributed by atoms with Crippen molar-refractivity contribution in [1.29, 1.82) is 0 Å². The molecule has 0 spiro atoms. The summed E-state index contributed by atoms with van der Waals surface area (Å²) in [4.78, 5) is 0. The molecule has 1 aromatic carbocycles. The highest BCUT2D eigenvalue weighted by Crippen LogP contribution is 2.32. The third kappa shape index (κ3) is 4.01. The monoisotopic (exact) mass is 279 g/mol. The van der Waals surface area contributed by atoms with Crippen molar-refractivity contribution in [1.82, 2.24) is 0 Å². The highest BCUT2D eigenvalue weighted by molar-refractivity contribution is 5.85. The largest absolute Gasteiger partial charge is 0.493 e. The van der Waals surface area contributed by atoms with Crippen molar-refractivity contribution in [3.8, 4) is 11.5 Å². The van der Waals surface area contributed by atoms with Crippen molar-refractivity contribution in [2.24, 2.45) is 5.73 Å². The maximum atomic E-state index is 13.8. The molecule has 0 aliphatic heterocycles. The standard InChI is InChI=1S/C12H18FNO3.ClH/c1-16-11-6-8(10(14)4-3-5-15)9(13)7-12(11)17-2;/h6-7,10,15H,3-5,14H2,1-2H3;1H/t10-;/m1./s1. The van der Waals surface area contributed by atoms with Crippen molar-refractivity contribution in [3.05, 3.63) is 23.5 Å². The summed E-state index contributed by atoms with van der Waals surface area (Å²) < 4.78 is 23.8. The molecule has 0 aliphatic carbocycles. The van der Waals surface area contributed by atoms with Crippen molar-refractivity contribution in [3.63, 3.8) is 0 Å². The molecule has 1 aromatic rings. The molecule has 0 radical (unpaired) electrons. The zero-order chi connectivity index (χ0) is 12.8. The zero-order valence-corrected chi connectivity index (χ0v) is 11.3. The summed E-state index contributed by atoms with van der Waals surface area (Å²) >= 11 is 0. The van der Waals surface area contributed by atoms with E-state index in [0.29, 0.717) is 29.9 Å². The molecule has 0 heterocycles. The second kappa shape index (κ2) is 8.13. The highest BCUT2D eigenvalue weighted by atomic mass is 35.5. The van der Waals surface area contributed by atoms with E-state index in [4.69, 9.17) is 20.3 Å². The number of nitrogens with two attached hydrogens (primary N) is 1. The molecule has 1 rings (SSSR count). The molecule has 0 aliphatic rings. The van der Waals surface area contributed by atoms with Crippen LogP contribution in [0.15, 0.2) is 12.1 Å². The fraction of sp³-hybridized carbons (Fsp3) is 0.500. The summed E-state index contributed by atoms with van der Waals surface area (Å²) in [6.45, 7) is 0.0443. The SMILES string of the molecule is COc1cc(F)c([C@H](N)CCCO)cc1OC.Cl. The third-order valence-electron chi connectivity index (χ3n) is 2.58. The van der Waals surface area contributed by atoms with Gasteiger partial charge in [-0.25, -0.2) is 4.39 Å². The number of methoxy groups -OCH3 is 2. The number of aliphatic hydroxyl groups is 1. The average molecular weight is 280 g/mol. The molecular formula is C12H19ClFNO3. The van der Waals surface area contributed by atoms with Gasteiger partial charge in [0.05, 0.1) is 14.2 Å². The van der Waals surface area contributed by atoms with Crippen molar-refractivity contribution in [2.75, 3.05) is 20.8 Å². The van der Waals surface area contributed by atoms with Gasteiger partial charge in [-0.05, 0) is 18.9 Å². The minimum absolute atomic E-state index is 0. The molecule has 0 bridgehead atoms. The summed E-state index contributed by atoms with van der Waals surface area (Å²) in [7, 11) is 2.93. The number of aliphatic hydroxyl groups excluding tert-OH is 1. The molecule has 3 N–H and O–H groups in total. The van der Waals surface area contributed by atoms with E-state index in [0.717, 1.165) is 0 Å². The first-order chi connectivity index (χ1) is 8.13. The Labute approximate surface area is 112 Å². The average Bonchev–Trinajstić information content (AvgIpc) is 2.35. The van der Waals surface area contributed by atoms with Crippen LogP contribution < -0.4 is 15.2 Å². The van der Waals surface area contributed by atoms with E-state index in [1.54, 1.807) is 0 Å². The van der Waals surface area contributed by atoms with Crippen LogP contribution in [0.25, 0.3) is 0 Å². The van der Waals surface area contributed by atoms with Crippen LogP contribution in [0.1, 0.15) is 24.4 Å². The number of hydrogen-bond acceptors (Lipinski definition) is 4. The number of rotatable bonds is 6. The minimum Gasteiger partial charge on any atom is -0.493 e. The van der Waals surface area contributed by atoms with Gasteiger partial charge in [0.15, 0.2) is 11.5 Å². The van der Waals surface area contributed by atoms with E-state index in [2.05, 4.69) is 0 Å². The summed E-state index contributed by atoms with van der Waals surface area (Å²) in [5.74, 6) is 0.361. The molecule has 4 nitrogen and oxygen atoms in total. The van der Waals surface area contributed by atoms with E-state index in [9.17, 15) is 4.39 Å². The second-order valence-electron chi connectivity index (χ2n) is 3.70. The van der Waals surface area contributed by atoms with E-state index in [1.807, 2.05) is 0 Å². The second-order valence-corrected chi connectivity index (χ2v) is 3.70. The summed E-state index contributed by atoms with van der Waals surface area (Å²) in [6.07, 6.45) is 1.05. The Morgan fingerprint density at radius 1 is 1.28 bits per heavy atom. The lowest BCUT2D eigenvalue weighted by Gasteiger charge is -2.15. The Bertz CT molecular complexity index is 377. The minimum atomic E-state index is -0.457. The maximum absolute atomic E-state index is 13.8. The maximum Gasteiger partial charge on any atom is 0.163 e. The molecule has 0 fully saturated rings. The molecule has 0 unspecified atom stereocenters. The topological polar surface area (TPSA) is 64.7 Å². The molecule has 18 heavy (non-hydrogen) atoms. The van der Waals surface area contributed by atoms with Gasteiger partial charge in [0.1, 0.15) is 5.82 Å². The Kier molecular flexibility index (Phi) is 7.66. The number of hydrogen-bond donors (Lipinski definition) is 2. The van der Waals surface area contributed by atoms with Crippen LogP contribution in [0.5, 0.6) is 11.5 Å². The van der Waals surface area contributed by atoms with Gasteiger partial charge in [0.2, 0.25) is 0 Å². The van der Waals surface area contributed by atoms with Crippen molar-refractivity contribution < 1.29 is 19.0 Å². The van der Waals surface area contributed by atoms with Crippen LogP contribution in [-0.2, 0) is 0 Å². The van der Waals surface area contributed by atoms with Gasteiger partial charge in [-0.2, -0.15) is 0 Å². The molecular weight excluding hydrogens is 261 g/mol. The lowest BCUT2D eigenvalue weighted by atomic mass is 10.0. The summed E-state index contributed by atoms with van der Waals surface area (Å²) in [6, 6.07) is 2.34. The molecule has 1 atom stereocenters. The number of halogens is 2. The number of benzene rings is 1. The quantitative estimate of drug-likeness (QED) is 0.836. The Balaban J connectivity index is 0.00000289. The first-order valence-corrected chi connectivity index (χ1v) is 5.41. The van der Waals surface area contributed by atoms with Crippen molar-refractivity contribution >= 4 is 12.4 Å². The first kappa shape index (κ1) is 17.0. The van der Waals surface area contributed by atoms with E-state index >= 15 is 0 Å². The predicted molar refractivity (Wildman–Crippen MR) is 70.0 cm³/mol. The van der Waals surface area contributed by atoms with Crippen molar-refractivity contribution in [2.45, 2.75) is 18.9 Å². The van der Waals surface area contributed by atoms with Crippen LogP contribution in [-0.4, -0.2) is 25.9 Å². The Hall–Kier alpha value is -1.04. The predicted octanol–water partition coefficient (Wildman–Crippen LogP) is 2.04.